The number of carboxylic acid groups (broad SMARTS) is 1. The minimum absolute atomic E-state index is 0.537. The highest BCUT2D eigenvalue weighted by molar-refractivity contribution is 7.09. The topological polar surface area (TPSA) is 50.2 Å². The van der Waals surface area contributed by atoms with Crippen LogP contribution in [0.25, 0.3) is 0 Å². The summed E-state index contributed by atoms with van der Waals surface area (Å²) in [5, 5.41) is 12.7. The van der Waals surface area contributed by atoms with Gasteiger partial charge in [0.15, 0.2) is 0 Å². The van der Waals surface area contributed by atoms with Gasteiger partial charge in [-0.05, 0) is 37.3 Å². The minimum Gasteiger partial charge on any atom is -0.481 e. The van der Waals surface area contributed by atoms with Crippen LogP contribution in [0.3, 0.4) is 0 Å². The lowest BCUT2D eigenvalue weighted by Gasteiger charge is -2.34. The number of aryl methyl sites for hydroxylation is 2. The van der Waals surface area contributed by atoms with Crippen LogP contribution < -0.4 is 0 Å². The van der Waals surface area contributed by atoms with E-state index in [-0.39, 0.29) is 0 Å². The number of rotatable bonds is 3. The standard InChI is InChI=1S/C16H17NO2S/c1-11-10-20-14(17-11)9-16(15(18)19)7-6-12-4-2-3-5-13(12)8-16/h2-5,10H,6-9H2,1H3,(H,18,19). The van der Waals surface area contributed by atoms with E-state index in [0.29, 0.717) is 19.3 Å². The molecule has 3 nitrogen and oxygen atoms in total. The van der Waals surface area contributed by atoms with Crippen LogP contribution in [-0.2, 0) is 24.1 Å². The quantitative estimate of drug-likeness (QED) is 0.942. The van der Waals surface area contributed by atoms with Crippen LogP contribution in [0.4, 0.5) is 0 Å². The molecule has 0 saturated carbocycles. The lowest BCUT2D eigenvalue weighted by molar-refractivity contribution is -0.149. The minimum atomic E-state index is -0.696. The Hall–Kier alpha value is -1.68. The Labute approximate surface area is 122 Å². The number of aromatic nitrogens is 1. The third kappa shape index (κ3) is 2.36. The molecule has 0 radical (unpaired) electrons. The number of carboxylic acids is 1. The fourth-order valence-corrected chi connectivity index (χ4v) is 3.90. The van der Waals surface area contributed by atoms with Crippen molar-refractivity contribution in [1.82, 2.24) is 4.98 Å². The number of nitrogens with zero attached hydrogens (tertiary/aromatic N) is 1. The van der Waals surface area contributed by atoms with E-state index in [1.54, 1.807) is 11.3 Å². The summed E-state index contributed by atoms with van der Waals surface area (Å²) in [6.07, 6.45) is 2.68. The van der Waals surface area contributed by atoms with E-state index in [0.717, 1.165) is 17.1 Å². The van der Waals surface area contributed by atoms with Gasteiger partial charge in [0.2, 0.25) is 0 Å². The summed E-state index contributed by atoms with van der Waals surface area (Å²) < 4.78 is 0. The maximum atomic E-state index is 11.9. The van der Waals surface area contributed by atoms with Crippen molar-refractivity contribution in [2.45, 2.75) is 32.6 Å². The molecule has 1 unspecified atom stereocenters. The van der Waals surface area contributed by atoms with E-state index in [1.807, 2.05) is 24.4 Å². The van der Waals surface area contributed by atoms with Crippen molar-refractivity contribution in [1.29, 1.82) is 0 Å². The molecule has 1 aromatic heterocycles. The van der Waals surface area contributed by atoms with Crippen molar-refractivity contribution < 1.29 is 9.90 Å². The summed E-state index contributed by atoms with van der Waals surface area (Å²) >= 11 is 1.57. The van der Waals surface area contributed by atoms with Gasteiger partial charge in [0.25, 0.3) is 0 Å². The van der Waals surface area contributed by atoms with Crippen molar-refractivity contribution in [3.63, 3.8) is 0 Å². The monoisotopic (exact) mass is 287 g/mol. The Morgan fingerprint density at radius 3 is 2.80 bits per heavy atom. The van der Waals surface area contributed by atoms with Crippen LogP contribution in [-0.4, -0.2) is 16.1 Å². The van der Waals surface area contributed by atoms with Crippen molar-refractivity contribution in [2.24, 2.45) is 5.41 Å². The molecule has 0 aliphatic heterocycles. The zero-order valence-electron chi connectivity index (χ0n) is 11.4. The van der Waals surface area contributed by atoms with E-state index in [2.05, 4.69) is 17.1 Å². The summed E-state index contributed by atoms with van der Waals surface area (Å²) in [5.41, 5.74) is 2.74. The third-order valence-corrected chi connectivity index (χ3v) is 5.10. The number of thiazole rings is 1. The fourth-order valence-electron chi connectivity index (χ4n) is 2.98. The molecule has 0 saturated heterocycles. The van der Waals surface area contributed by atoms with E-state index in [1.165, 1.54) is 11.1 Å². The lowest BCUT2D eigenvalue weighted by Crippen LogP contribution is -2.39. The molecular formula is C16H17NO2S. The summed E-state index contributed by atoms with van der Waals surface area (Å²) in [5.74, 6) is -0.695. The predicted octanol–water partition coefficient (Wildman–Crippen LogP) is 3.25. The molecule has 20 heavy (non-hydrogen) atoms. The second-order valence-electron chi connectivity index (χ2n) is 5.59. The number of aliphatic carboxylic acids is 1. The Bertz CT molecular complexity index is 649. The molecule has 0 bridgehead atoms. The summed E-state index contributed by atoms with van der Waals surface area (Å²) in [6, 6.07) is 8.18. The lowest BCUT2D eigenvalue weighted by atomic mass is 9.69. The van der Waals surface area contributed by atoms with Gasteiger partial charge < -0.3 is 5.11 Å². The molecule has 1 heterocycles. The second kappa shape index (κ2) is 5.02. The van der Waals surface area contributed by atoms with Crippen LogP contribution in [0.5, 0.6) is 0 Å². The zero-order valence-corrected chi connectivity index (χ0v) is 12.2. The summed E-state index contributed by atoms with van der Waals surface area (Å²) in [6.45, 7) is 1.95. The molecule has 1 aliphatic rings. The first kappa shape index (κ1) is 13.3. The fraction of sp³-hybridized carbons (Fsp3) is 0.375. The molecule has 104 valence electrons. The number of hydrogen-bond acceptors (Lipinski definition) is 3. The smallest absolute Gasteiger partial charge is 0.310 e. The van der Waals surface area contributed by atoms with E-state index in [9.17, 15) is 9.90 Å². The van der Waals surface area contributed by atoms with Crippen LogP contribution in [0.15, 0.2) is 29.6 Å². The van der Waals surface area contributed by atoms with Gasteiger partial charge in [-0.15, -0.1) is 11.3 Å². The second-order valence-corrected chi connectivity index (χ2v) is 6.53. The molecule has 3 rings (SSSR count). The van der Waals surface area contributed by atoms with Crippen LogP contribution >= 0.6 is 11.3 Å². The van der Waals surface area contributed by atoms with Gasteiger partial charge in [-0.3, -0.25) is 4.79 Å². The summed E-state index contributed by atoms with van der Waals surface area (Å²) in [4.78, 5) is 16.3. The molecule has 1 N–H and O–H groups in total. The maximum absolute atomic E-state index is 11.9. The van der Waals surface area contributed by atoms with Crippen molar-refractivity contribution in [2.75, 3.05) is 0 Å². The maximum Gasteiger partial charge on any atom is 0.310 e. The first-order chi connectivity index (χ1) is 9.59. The Balaban J connectivity index is 1.92. The van der Waals surface area contributed by atoms with Crippen LogP contribution in [0.1, 0.15) is 28.2 Å². The van der Waals surface area contributed by atoms with Crippen molar-refractivity contribution in [3.05, 3.63) is 51.5 Å². The number of fused-ring (bicyclic) bond motifs is 1. The van der Waals surface area contributed by atoms with Crippen molar-refractivity contribution in [3.8, 4) is 0 Å². The predicted molar refractivity (Wildman–Crippen MR) is 79.1 cm³/mol. The number of carbonyl (C=O) groups is 1. The molecule has 0 amide bonds. The highest BCUT2D eigenvalue weighted by atomic mass is 32.1. The first-order valence-electron chi connectivity index (χ1n) is 6.80. The Morgan fingerprint density at radius 1 is 1.40 bits per heavy atom. The SMILES string of the molecule is Cc1csc(CC2(C(=O)O)CCc3ccccc3C2)n1. The number of hydrogen-bond donors (Lipinski definition) is 1. The van der Waals surface area contributed by atoms with E-state index < -0.39 is 11.4 Å². The Morgan fingerprint density at radius 2 is 2.15 bits per heavy atom. The van der Waals surface area contributed by atoms with Gasteiger partial charge >= 0.3 is 5.97 Å². The van der Waals surface area contributed by atoms with Gasteiger partial charge in [0, 0.05) is 17.5 Å². The normalized spacial score (nSPS) is 21.4. The van der Waals surface area contributed by atoms with Crippen molar-refractivity contribution >= 4 is 17.3 Å². The molecule has 0 fully saturated rings. The van der Waals surface area contributed by atoms with E-state index >= 15 is 0 Å². The zero-order chi connectivity index (χ0) is 14.2. The molecule has 4 heteroatoms. The molecular weight excluding hydrogens is 270 g/mol. The van der Waals surface area contributed by atoms with Gasteiger partial charge in [-0.25, -0.2) is 4.98 Å². The average Bonchev–Trinajstić information content (AvgIpc) is 2.83. The molecule has 2 aromatic rings. The van der Waals surface area contributed by atoms with Gasteiger partial charge in [0.05, 0.1) is 10.4 Å². The van der Waals surface area contributed by atoms with Gasteiger partial charge in [-0.1, -0.05) is 24.3 Å². The highest BCUT2D eigenvalue weighted by Gasteiger charge is 2.42. The molecule has 1 atom stereocenters. The van der Waals surface area contributed by atoms with Crippen LogP contribution in [0, 0.1) is 12.3 Å². The molecule has 1 aromatic carbocycles. The highest BCUT2D eigenvalue weighted by Crippen LogP contribution is 2.39. The third-order valence-electron chi connectivity index (χ3n) is 4.13. The molecule has 1 aliphatic carbocycles. The van der Waals surface area contributed by atoms with E-state index in [4.69, 9.17) is 0 Å². The van der Waals surface area contributed by atoms with Gasteiger partial charge in [0.1, 0.15) is 0 Å². The average molecular weight is 287 g/mol. The number of benzene rings is 1. The van der Waals surface area contributed by atoms with Gasteiger partial charge in [-0.2, -0.15) is 0 Å². The van der Waals surface area contributed by atoms with Crippen LogP contribution in [0.2, 0.25) is 0 Å². The summed E-state index contributed by atoms with van der Waals surface area (Å²) in [7, 11) is 0. The Kier molecular flexibility index (Phi) is 3.34. The largest absolute Gasteiger partial charge is 0.481 e. The first-order valence-corrected chi connectivity index (χ1v) is 7.68. The molecule has 0 spiro atoms.